The van der Waals surface area contributed by atoms with Crippen molar-refractivity contribution in [3.8, 4) is 10.7 Å². The molecule has 5 rings (SSSR count). The second-order valence-corrected chi connectivity index (χ2v) is 9.46. The maximum absolute atomic E-state index is 13.5. The van der Waals surface area contributed by atoms with Crippen LogP contribution in [0.2, 0.25) is 0 Å². The lowest BCUT2D eigenvalue weighted by Crippen LogP contribution is -2.32. The molecule has 3 aromatic heterocycles. The van der Waals surface area contributed by atoms with Crippen LogP contribution in [0, 0.1) is 24.5 Å². The van der Waals surface area contributed by atoms with Gasteiger partial charge in [-0.05, 0) is 68.6 Å². The van der Waals surface area contributed by atoms with Gasteiger partial charge in [-0.15, -0.1) is 11.3 Å². The number of nitrogens with one attached hydrogen (secondary N) is 2. The molecular formula is C23H24F2N6S. The summed E-state index contributed by atoms with van der Waals surface area (Å²) in [6, 6.07) is 8.05. The molecule has 6 nitrogen and oxygen atoms in total. The average Bonchev–Trinajstić information content (AvgIpc) is 3.38. The largest absolute Gasteiger partial charge is 0.350 e. The molecule has 0 aliphatic carbocycles. The molecule has 0 unspecified atom stereocenters. The van der Waals surface area contributed by atoms with Crippen LogP contribution in [0.1, 0.15) is 23.3 Å². The van der Waals surface area contributed by atoms with Crippen molar-refractivity contribution in [2.45, 2.75) is 32.9 Å². The minimum Gasteiger partial charge on any atom is -0.350 e. The highest BCUT2D eigenvalue weighted by Gasteiger charge is 2.21. The van der Waals surface area contributed by atoms with Crippen molar-refractivity contribution in [2.75, 3.05) is 18.4 Å². The number of benzene rings is 1. The maximum Gasteiger partial charge on any atom is 0.225 e. The van der Waals surface area contributed by atoms with Gasteiger partial charge in [0, 0.05) is 18.0 Å². The summed E-state index contributed by atoms with van der Waals surface area (Å²) in [4.78, 5) is 16.3. The van der Waals surface area contributed by atoms with E-state index >= 15 is 0 Å². The van der Waals surface area contributed by atoms with Crippen molar-refractivity contribution in [1.29, 1.82) is 0 Å². The summed E-state index contributed by atoms with van der Waals surface area (Å²) in [6.45, 7) is 5.26. The van der Waals surface area contributed by atoms with Crippen LogP contribution in [0.25, 0.3) is 21.9 Å². The van der Waals surface area contributed by atoms with Crippen LogP contribution < -0.4 is 10.6 Å². The molecule has 4 aromatic rings. The molecular weight excluding hydrogens is 430 g/mol. The zero-order chi connectivity index (χ0) is 22.1. The van der Waals surface area contributed by atoms with E-state index in [0.717, 1.165) is 47.6 Å². The first-order valence-electron chi connectivity index (χ1n) is 10.8. The molecule has 0 spiro atoms. The lowest BCUT2D eigenvalue weighted by Gasteiger charge is -2.23. The summed E-state index contributed by atoms with van der Waals surface area (Å²) in [6.07, 6.45) is 4.05. The third-order valence-corrected chi connectivity index (χ3v) is 6.72. The first kappa shape index (κ1) is 21.0. The van der Waals surface area contributed by atoms with Gasteiger partial charge < -0.3 is 15.2 Å². The number of nitrogens with zero attached hydrogens (tertiary/aromatic N) is 4. The molecule has 166 valence electrons. The second-order valence-electron chi connectivity index (χ2n) is 8.17. The highest BCUT2D eigenvalue weighted by atomic mass is 32.1. The summed E-state index contributed by atoms with van der Waals surface area (Å²) in [5.74, 6) is 0.129. The van der Waals surface area contributed by atoms with E-state index in [1.165, 1.54) is 23.8 Å². The number of thiophene rings is 1. The molecule has 0 bridgehead atoms. The smallest absolute Gasteiger partial charge is 0.225 e. The molecule has 1 atom stereocenters. The Kier molecular flexibility index (Phi) is 5.84. The number of aryl methyl sites for hydroxylation is 1. The lowest BCUT2D eigenvalue weighted by molar-refractivity contribution is 0.341. The van der Waals surface area contributed by atoms with Gasteiger partial charge in [0.2, 0.25) is 5.95 Å². The monoisotopic (exact) mass is 454 g/mol. The SMILES string of the molecule is Cc1ccc(-c2nc3cnc(NCc4ccc(F)c(F)c4)nc3n2C[C@@H]2CCCNC2)s1. The van der Waals surface area contributed by atoms with Gasteiger partial charge in [0.25, 0.3) is 0 Å². The quantitative estimate of drug-likeness (QED) is 0.440. The molecule has 1 aliphatic heterocycles. The molecule has 1 saturated heterocycles. The highest BCUT2D eigenvalue weighted by molar-refractivity contribution is 7.15. The molecule has 2 N–H and O–H groups in total. The first-order chi connectivity index (χ1) is 15.6. The van der Waals surface area contributed by atoms with Crippen molar-refractivity contribution in [3.63, 3.8) is 0 Å². The van der Waals surface area contributed by atoms with Gasteiger partial charge in [-0.3, -0.25) is 0 Å². The lowest BCUT2D eigenvalue weighted by atomic mass is 9.99. The highest BCUT2D eigenvalue weighted by Crippen LogP contribution is 2.31. The maximum atomic E-state index is 13.5. The molecule has 1 aliphatic rings. The van der Waals surface area contributed by atoms with E-state index in [4.69, 9.17) is 9.97 Å². The van der Waals surface area contributed by atoms with Crippen LogP contribution in [0.4, 0.5) is 14.7 Å². The number of halogens is 2. The fourth-order valence-electron chi connectivity index (χ4n) is 4.09. The predicted octanol–water partition coefficient (Wildman–Crippen LogP) is 4.75. The van der Waals surface area contributed by atoms with Crippen LogP contribution in [-0.2, 0) is 13.1 Å². The van der Waals surface area contributed by atoms with Crippen molar-refractivity contribution < 1.29 is 8.78 Å². The number of aromatic nitrogens is 4. The number of hydrogen-bond donors (Lipinski definition) is 2. The summed E-state index contributed by atoms with van der Waals surface area (Å²) in [5.41, 5.74) is 2.14. The minimum absolute atomic E-state index is 0.292. The van der Waals surface area contributed by atoms with Crippen molar-refractivity contribution >= 4 is 28.4 Å². The molecule has 4 heterocycles. The summed E-state index contributed by atoms with van der Waals surface area (Å²) < 4.78 is 28.9. The number of imidazole rings is 1. The number of piperidine rings is 1. The third-order valence-electron chi connectivity index (χ3n) is 5.72. The van der Waals surface area contributed by atoms with Gasteiger partial charge in [0.15, 0.2) is 23.1 Å². The van der Waals surface area contributed by atoms with Crippen molar-refractivity contribution in [1.82, 2.24) is 24.8 Å². The van der Waals surface area contributed by atoms with E-state index in [0.29, 0.717) is 24.0 Å². The van der Waals surface area contributed by atoms with Gasteiger partial charge in [-0.1, -0.05) is 6.07 Å². The van der Waals surface area contributed by atoms with Gasteiger partial charge in [-0.25, -0.2) is 18.7 Å². The van der Waals surface area contributed by atoms with Crippen LogP contribution in [0.5, 0.6) is 0 Å². The molecule has 0 radical (unpaired) electrons. The molecule has 1 fully saturated rings. The zero-order valence-corrected chi connectivity index (χ0v) is 18.6. The van der Waals surface area contributed by atoms with Crippen LogP contribution in [0.3, 0.4) is 0 Å². The first-order valence-corrected chi connectivity index (χ1v) is 11.6. The minimum atomic E-state index is -0.865. The van der Waals surface area contributed by atoms with E-state index in [1.54, 1.807) is 23.6 Å². The van der Waals surface area contributed by atoms with Crippen LogP contribution >= 0.6 is 11.3 Å². The van der Waals surface area contributed by atoms with E-state index in [1.807, 2.05) is 0 Å². The number of rotatable bonds is 6. The molecule has 0 saturated carbocycles. The Morgan fingerprint density at radius 1 is 1.19 bits per heavy atom. The van der Waals surface area contributed by atoms with Crippen LogP contribution in [-0.4, -0.2) is 32.6 Å². The standard InChI is InChI=1S/C23H24F2N6S/c1-14-4-7-20(32-14)22-29-19-12-28-23(27-11-15-5-6-17(24)18(25)9-15)30-21(19)31(22)13-16-3-2-8-26-10-16/h4-7,9,12,16,26H,2-3,8,10-11,13H2,1H3,(H,27,28,30)/t16-/m1/s1. The van der Waals surface area contributed by atoms with Gasteiger partial charge in [0.1, 0.15) is 5.52 Å². The number of anilines is 1. The Labute approximate surface area is 188 Å². The molecule has 0 amide bonds. The predicted molar refractivity (Wildman–Crippen MR) is 123 cm³/mol. The number of fused-ring (bicyclic) bond motifs is 1. The topological polar surface area (TPSA) is 67.7 Å². The van der Waals surface area contributed by atoms with Gasteiger partial charge >= 0.3 is 0 Å². The Hall–Kier alpha value is -2.91. The molecule has 32 heavy (non-hydrogen) atoms. The summed E-state index contributed by atoms with van der Waals surface area (Å²) in [5, 5.41) is 6.61. The Morgan fingerprint density at radius 2 is 2.09 bits per heavy atom. The van der Waals surface area contributed by atoms with Crippen molar-refractivity contribution in [3.05, 3.63) is 58.6 Å². The van der Waals surface area contributed by atoms with E-state index in [2.05, 4.69) is 39.2 Å². The fraction of sp³-hybridized carbons (Fsp3) is 0.348. The third kappa shape index (κ3) is 4.35. The van der Waals surface area contributed by atoms with Gasteiger partial charge in [-0.2, -0.15) is 4.98 Å². The second kappa shape index (κ2) is 8.91. The molecule has 1 aromatic carbocycles. The van der Waals surface area contributed by atoms with E-state index < -0.39 is 11.6 Å². The number of hydrogen-bond acceptors (Lipinski definition) is 6. The Bertz CT molecular complexity index is 1240. The van der Waals surface area contributed by atoms with Crippen LogP contribution in [0.15, 0.2) is 36.5 Å². The Balaban J connectivity index is 1.47. The molecule has 9 heteroatoms. The normalized spacial score (nSPS) is 16.5. The summed E-state index contributed by atoms with van der Waals surface area (Å²) >= 11 is 1.72. The summed E-state index contributed by atoms with van der Waals surface area (Å²) in [7, 11) is 0. The van der Waals surface area contributed by atoms with Crippen molar-refractivity contribution in [2.24, 2.45) is 5.92 Å². The zero-order valence-electron chi connectivity index (χ0n) is 17.7. The van der Waals surface area contributed by atoms with E-state index in [9.17, 15) is 8.78 Å². The average molecular weight is 455 g/mol. The Morgan fingerprint density at radius 3 is 2.84 bits per heavy atom. The van der Waals surface area contributed by atoms with Gasteiger partial charge in [0.05, 0.1) is 11.1 Å². The fourth-order valence-corrected chi connectivity index (χ4v) is 4.95. The van der Waals surface area contributed by atoms with E-state index in [-0.39, 0.29) is 0 Å².